The second-order valence-electron chi connectivity index (χ2n) is 8.99. The molecular formula is C25H23F3N4O4S2. The number of aromatic nitrogens is 1. The van der Waals surface area contributed by atoms with E-state index in [1.54, 1.807) is 50.2 Å². The molecule has 0 atom stereocenters. The Kier molecular flexibility index (Phi) is 7.44. The number of sulfonamides is 1. The van der Waals surface area contributed by atoms with E-state index >= 15 is 0 Å². The fraction of sp³-hybridized carbons (Fsp3) is 0.240. The zero-order valence-corrected chi connectivity index (χ0v) is 21.9. The summed E-state index contributed by atoms with van der Waals surface area (Å²) in [6.45, 7) is 2.96. The van der Waals surface area contributed by atoms with Crippen molar-refractivity contribution in [2.24, 2.45) is 0 Å². The smallest absolute Gasteiger partial charge is 0.305 e. The molecule has 0 aliphatic carbocycles. The third kappa shape index (κ3) is 6.10. The first-order valence-corrected chi connectivity index (χ1v) is 13.7. The van der Waals surface area contributed by atoms with Gasteiger partial charge in [0.2, 0.25) is 10.0 Å². The van der Waals surface area contributed by atoms with Gasteiger partial charge in [-0.15, -0.1) is 0 Å². The summed E-state index contributed by atoms with van der Waals surface area (Å²) in [5.41, 5.74) is -4.51. The third-order valence-electron chi connectivity index (χ3n) is 5.86. The highest BCUT2D eigenvalue weighted by Gasteiger charge is 2.52. The molecule has 1 fully saturated rings. The Hall–Kier alpha value is -3.58. The summed E-state index contributed by atoms with van der Waals surface area (Å²) in [5, 5.41) is 0. The van der Waals surface area contributed by atoms with Gasteiger partial charge >= 0.3 is 11.5 Å². The van der Waals surface area contributed by atoms with Crippen LogP contribution in [0, 0.1) is 0 Å². The molecule has 1 aliphatic rings. The SMILES string of the molecule is CC1(C)C(=O)N(c2ccc(SC(F)(F)F)cc2)C(=O)N1Cc1ccncc1NS(=O)(=O)Cc1ccccc1. The normalized spacial score (nSPS) is 15.7. The summed E-state index contributed by atoms with van der Waals surface area (Å²) in [4.78, 5) is 32.7. The number of amides is 3. The molecule has 0 saturated carbocycles. The number of hydrogen-bond acceptors (Lipinski definition) is 6. The molecule has 4 rings (SSSR count). The molecule has 3 aromatic rings. The van der Waals surface area contributed by atoms with Gasteiger partial charge in [0.15, 0.2) is 0 Å². The van der Waals surface area contributed by atoms with Crippen molar-refractivity contribution in [2.45, 2.75) is 42.1 Å². The zero-order chi connectivity index (χ0) is 27.7. The van der Waals surface area contributed by atoms with Crippen LogP contribution >= 0.6 is 11.8 Å². The summed E-state index contributed by atoms with van der Waals surface area (Å²) >= 11 is -0.299. The van der Waals surface area contributed by atoms with Crippen LogP contribution < -0.4 is 9.62 Å². The Balaban J connectivity index is 1.56. The monoisotopic (exact) mass is 564 g/mol. The number of rotatable bonds is 8. The van der Waals surface area contributed by atoms with Crippen molar-refractivity contribution in [1.29, 1.82) is 0 Å². The Morgan fingerprint density at radius 1 is 1.00 bits per heavy atom. The van der Waals surface area contributed by atoms with Crippen LogP contribution in [-0.2, 0) is 27.1 Å². The minimum atomic E-state index is -4.47. The first-order chi connectivity index (χ1) is 17.8. The lowest BCUT2D eigenvalue weighted by Crippen LogP contribution is -2.43. The highest BCUT2D eigenvalue weighted by atomic mass is 32.2. The molecule has 13 heteroatoms. The Labute approximate surface area is 221 Å². The van der Waals surface area contributed by atoms with E-state index in [-0.39, 0.29) is 40.3 Å². The summed E-state index contributed by atoms with van der Waals surface area (Å²) in [6, 6.07) is 14.4. The van der Waals surface area contributed by atoms with Gasteiger partial charge in [-0.25, -0.2) is 18.1 Å². The number of halogens is 3. The van der Waals surface area contributed by atoms with E-state index in [0.29, 0.717) is 11.1 Å². The number of carbonyl (C=O) groups excluding carboxylic acids is 2. The molecule has 1 saturated heterocycles. The first kappa shape index (κ1) is 27.5. The van der Waals surface area contributed by atoms with Crippen LogP contribution in [-0.4, -0.2) is 41.3 Å². The number of imide groups is 1. The number of benzene rings is 2. The minimum absolute atomic E-state index is 0.0827. The average Bonchev–Trinajstić information content (AvgIpc) is 2.99. The fourth-order valence-corrected chi connectivity index (χ4v) is 5.71. The molecule has 0 radical (unpaired) electrons. The summed E-state index contributed by atoms with van der Waals surface area (Å²) in [6.07, 6.45) is 2.76. The van der Waals surface area contributed by atoms with Crippen molar-refractivity contribution in [2.75, 3.05) is 9.62 Å². The predicted molar refractivity (Wildman–Crippen MR) is 138 cm³/mol. The van der Waals surface area contributed by atoms with E-state index in [0.717, 1.165) is 4.90 Å². The summed E-state index contributed by atoms with van der Waals surface area (Å²) < 4.78 is 66.1. The van der Waals surface area contributed by atoms with E-state index in [1.165, 1.54) is 41.6 Å². The third-order valence-corrected chi connectivity index (χ3v) is 7.84. The van der Waals surface area contributed by atoms with Crippen molar-refractivity contribution in [3.8, 4) is 0 Å². The quantitative estimate of drug-likeness (QED) is 0.291. The van der Waals surface area contributed by atoms with Crippen LogP contribution in [0.5, 0.6) is 0 Å². The standard InChI is InChI=1S/C25H23F3N4O4S2/c1-24(2)22(33)32(19-8-10-20(11-9-19)37-25(26,27)28)23(34)31(24)15-18-12-13-29-14-21(18)30-38(35,36)16-17-6-4-3-5-7-17/h3-14,30H,15-16H2,1-2H3. The van der Waals surface area contributed by atoms with Crippen LogP contribution in [0.4, 0.5) is 29.3 Å². The van der Waals surface area contributed by atoms with Crippen molar-refractivity contribution in [1.82, 2.24) is 9.88 Å². The molecule has 38 heavy (non-hydrogen) atoms. The number of hydrogen-bond donors (Lipinski definition) is 1. The molecule has 1 aromatic heterocycles. The van der Waals surface area contributed by atoms with Gasteiger partial charge < -0.3 is 4.90 Å². The zero-order valence-electron chi connectivity index (χ0n) is 20.3. The van der Waals surface area contributed by atoms with Crippen LogP contribution in [0.3, 0.4) is 0 Å². The van der Waals surface area contributed by atoms with Crippen molar-refractivity contribution in [3.63, 3.8) is 0 Å². The molecule has 2 heterocycles. The van der Waals surface area contributed by atoms with E-state index in [1.807, 2.05) is 0 Å². The summed E-state index contributed by atoms with van der Waals surface area (Å²) in [5.74, 6) is -0.843. The number of nitrogens with one attached hydrogen (secondary N) is 1. The second kappa shape index (κ2) is 10.3. The fourth-order valence-electron chi connectivity index (χ4n) is 3.95. The number of pyridine rings is 1. The largest absolute Gasteiger partial charge is 0.446 e. The van der Waals surface area contributed by atoms with E-state index < -0.39 is 33.0 Å². The molecule has 0 bridgehead atoms. The Morgan fingerprint density at radius 2 is 1.66 bits per heavy atom. The molecule has 1 N–H and O–H groups in total. The lowest BCUT2D eigenvalue weighted by Gasteiger charge is -2.28. The first-order valence-electron chi connectivity index (χ1n) is 11.3. The van der Waals surface area contributed by atoms with Crippen LogP contribution in [0.2, 0.25) is 0 Å². The van der Waals surface area contributed by atoms with Gasteiger partial charge in [-0.3, -0.25) is 14.5 Å². The molecule has 8 nitrogen and oxygen atoms in total. The van der Waals surface area contributed by atoms with Gasteiger partial charge in [0, 0.05) is 11.1 Å². The van der Waals surface area contributed by atoms with Gasteiger partial charge in [0.05, 0.1) is 29.9 Å². The minimum Gasteiger partial charge on any atom is -0.305 e. The number of urea groups is 1. The molecule has 2 aromatic carbocycles. The molecule has 3 amide bonds. The number of anilines is 2. The van der Waals surface area contributed by atoms with Gasteiger partial charge in [-0.2, -0.15) is 13.2 Å². The van der Waals surface area contributed by atoms with Crippen LogP contribution in [0.15, 0.2) is 78.0 Å². The molecular weight excluding hydrogens is 541 g/mol. The number of carbonyl (C=O) groups is 2. The maximum absolute atomic E-state index is 13.4. The van der Waals surface area contributed by atoms with E-state index in [2.05, 4.69) is 9.71 Å². The average molecular weight is 565 g/mol. The van der Waals surface area contributed by atoms with Crippen LogP contribution in [0.1, 0.15) is 25.0 Å². The molecule has 1 aliphatic heterocycles. The van der Waals surface area contributed by atoms with Gasteiger partial charge in [0.25, 0.3) is 5.91 Å². The highest BCUT2D eigenvalue weighted by molar-refractivity contribution is 8.00. The van der Waals surface area contributed by atoms with Crippen molar-refractivity contribution < 1.29 is 31.2 Å². The lowest BCUT2D eigenvalue weighted by molar-refractivity contribution is -0.123. The Morgan fingerprint density at radius 3 is 2.29 bits per heavy atom. The second-order valence-corrected chi connectivity index (χ2v) is 11.9. The number of nitrogens with zero attached hydrogens (tertiary/aromatic N) is 3. The molecule has 200 valence electrons. The number of alkyl halides is 3. The van der Waals surface area contributed by atoms with E-state index in [4.69, 9.17) is 0 Å². The van der Waals surface area contributed by atoms with Gasteiger partial charge in [0.1, 0.15) is 5.54 Å². The number of thioether (sulfide) groups is 1. The Bertz CT molecular complexity index is 1450. The molecule has 0 spiro atoms. The summed E-state index contributed by atoms with van der Waals surface area (Å²) in [7, 11) is -3.82. The maximum atomic E-state index is 13.4. The topological polar surface area (TPSA) is 99.7 Å². The predicted octanol–water partition coefficient (Wildman–Crippen LogP) is 5.38. The van der Waals surface area contributed by atoms with Crippen molar-refractivity contribution in [3.05, 3.63) is 84.2 Å². The van der Waals surface area contributed by atoms with Crippen molar-refractivity contribution >= 4 is 45.1 Å². The highest BCUT2D eigenvalue weighted by Crippen LogP contribution is 2.39. The van der Waals surface area contributed by atoms with Crippen LogP contribution in [0.25, 0.3) is 0 Å². The van der Waals surface area contributed by atoms with Gasteiger partial charge in [-0.05, 0) is 67.1 Å². The molecule has 0 unspecified atom stereocenters. The maximum Gasteiger partial charge on any atom is 0.446 e. The van der Waals surface area contributed by atoms with E-state index in [9.17, 15) is 31.2 Å². The van der Waals surface area contributed by atoms with Gasteiger partial charge in [-0.1, -0.05) is 30.3 Å². The lowest BCUT2D eigenvalue weighted by atomic mass is 10.0.